The Balaban J connectivity index is 2.40. The van der Waals surface area contributed by atoms with E-state index in [1.807, 2.05) is 6.92 Å². The van der Waals surface area contributed by atoms with Crippen molar-refractivity contribution < 1.29 is 13.2 Å². The van der Waals surface area contributed by atoms with Crippen molar-refractivity contribution in [1.82, 2.24) is 20.1 Å². The van der Waals surface area contributed by atoms with Crippen molar-refractivity contribution in [3.8, 4) is 5.69 Å². The molecule has 0 unspecified atom stereocenters. The second-order valence-electron chi connectivity index (χ2n) is 4.96. The Labute approximate surface area is 137 Å². The van der Waals surface area contributed by atoms with Crippen LogP contribution in [-0.4, -0.2) is 28.4 Å². The number of allylic oxidation sites excluding steroid dienone is 1. The zero-order valence-corrected chi connectivity index (χ0v) is 13.4. The van der Waals surface area contributed by atoms with Gasteiger partial charge in [-0.2, -0.15) is 18.3 Å². The van der Waals surface area contributed by atoms with Gasteiger partial charge in [-0.05, 0) is 36.9 Å². The third-order valence-corrected chi connectivity index (χ3v) is 3.21. The number of hydrogen-bond donors (Lipinski definition) is 2. The number of hydrogen-bond acceptors (Lipinski definition) is 4. The van der Waals surface area contributed by atoms with Crippen molar-refractivity contribution in [3.05, 3.63) is 54.6 Å². The summed E-state index contributed by atoms with van der Waals surface area (Å²) in [7, 11) is 1.68. The van der Waals surface area contributed by atoms with Gasteiger partial charge in [0.25, 0.3) is 0 Å². The molecule has 2 aromatic heterocycles. The van der Waals surface area contributed by atoms with Crippen LogP contribution in [-0.2, 0) is 6.18 Å². The van der Waals surface area contributed by atoms with Crippen molar-refractivity contribution in [2.45, 2.75) is 13.1 Å². The molecule has 0 bridgehead atoms. The summed E-state index contributed by atoms with van der Waals surface area (Å²) in [5.74, 6) is 0.555. The number of aromatic nitrogens is 3. The molecule has 0 aliphatic heterocycles. The zero-order valence-electron chi connectivity index (χ0n) is 13.4. The van der Waals surface area contributed by atoms with Gasteiger partial charge >= 0.3 is 6.18 Å². The van der Waals surface area contributed by atoms with E-state index in [0.29, 0.717) is 17.9 Å². The molecule has 128 valence electrons. The molecule has 8 heteroatoms. The van der Waals surface area contributed by atoms with Crippen LogP contribution in [0.5, 0.6) is 0 Å². The van der Waals surface area contributed by atoms with Crippen molar-refractivity contribution in [1.29, 1.82) is 0 Å². The third-order valence-electron chi connectivity index (χ3n) is 3.21. The Hall–Kier alpha value is -2.77. The maximum Gasteiger partial charge on any atom is 0.433 e. The minimum absolute atomic E-state index is 0.178. The predicted octanol–water partition coefficient (Wildman–Crippen LogP) is 3.46. The summed E-state index contributed by atoms with van der Waals surface area (Å²) in [6.45, 7) is 5.92. The summed E-state index contributed by atoms with van der Waals surface area (Å²) in [5.41, 5.74) is -0.0142. The smallest absolute Gasteiger partial charge is 0.387 e. The zero-order chi connectivity index (χ0) is 17.7. The third kappa shape index (κ3) is 3.95. The highest BCUT2D eigenvalue weighted by Gasteiger charge is 2.36. The van der Waals surface area contributed by atoms with E-state index >= 15 is 0 Å². The predicted molar refractivity (Wildman–Crippen MR) is 87.8 cm³/mol. The van der Waals surface area contributed by atoms with Gasteiger partial charge in [0, 0.05) is 13.6 Å². The van der Waals surface area contributed by atoms with Gasteiger partial charge in [-0.3, -0.25) is 0 Å². The topological polar surface area (TPSA) is 54.8 Å². The van der Waals surface area contributed by atoms with Crippen molar-refractivity contribution in [2.75, 3.05) is 18.9 Å². The Morgan fingerprint density at radius 3 is 2.67 bits per heavy atom. The van der Waals surface area contributed by atoms with Crippen LogP contribution >= 0.6 is 0 Å². The molecule has 0 saturated heterocycles. The SMILES string of the molecule is C=C(CN/C=C\C)c1cc(C(F)(F)F)n(-c2ccc(NC)nc2)n1. The molecule has 2 heterocycles. The lowest BCUT2D eigenvalue weighted by Gasteiger charge is -2.10. The van der Waals surface area contributed by atoms with Crippen molar-refractivity contribution >= 4 is 11.4 Å². The Bertz CT molecular complexity index is 729. The lowest BCUT2D eigenvalue weighted by atomic mass is 10.2. The molecule has 5 nitrogen and oxygen atoms in total. The first-order valence-electron chi connectivity index (χ1n) is 7.21. The maximum atomic E-state index is 13.3. The fourth-order valence-corrected chi connectivity index (χ4v) is 2.00. The molecule has 2 aromatic rings. The molecule has 24 heavy (non-hydrogen) atoms. The number of pyridine rings is 1. The van der Waals surface area contributed by atoms with Crippen LogP contribution in [0.3, 0.4) is 0 Å². The minimum Gasteiger partial charge on any atom is -0.387 e. The highest BCUT2D eigenvalue weighted by atomic mass is 19.4. The van der Waals surface area contributed by atoms with Gasteiger partial charge in [-0.15, -0.1) is 0 Å². The fourth-order valence-electron chi connectivity index (χ4n) is 2.00. The molecule has 0 fully saturated rings. The second-order valence-corrected chi connectivity index (χ2v) is 4.96. The Kier molecular flexibility index (Phi) is 5.28. The van der Waals surface area contributed by atoms with Gasteiger partial charge in [-0.1, -0.05) is 12.7 Å². The highest BCUT2D eigenvalue weighted by molar-refractivity contribution is 5.62. The van der Waals surface area contributed by atoms with Crippen LogP contribution in [0, 0.1) is 0 Å². The number of anilines is 1. The van der Waals surface area contributed by atoms with E-state index in [-0.39, 0.29) is 11.4 Å². The molecule has 0 saturated carbocycles. The molecule has 0 radical (unpaired) electrons. The van der Waals surface area contributed by atoms with Crippen LogP contribution in [0.1, 0.15) is 18.3 Å². The van der Waals surface area contributed by atoms with Gasteiger partial charge in [0.2, 0.25) is 0 Å². The molecule has 0 amide bonds. The molecular weight excluding hydrogens is 319 g/mol. The molecule has 2 rings (SSSR count). The van der Waals surface area contributed by atoms with E-state index < -0.39 is 11.9 Å². The quantitative estimate of drug-likeness (QED) is 0.848. The van der Waals surface area contributed by atoms with Crippen LogP contribution in [0.25, 0.3) is 11.3 Å². The van der Waals surface area contributed by atoms with E-state index in [1.165, 1.54) is 12.3 Å². The summed E-state index contributed by atoms with van der Waals surface area (Å²) in [6.07, 6.45) is 0.262. The van der Waals surface area contributed by atoms with Crippen LogP contribution < -0.4 is 10.6 Å². The number of rotatable bonds is 6. The number of alkyl halides is 3. The second kappa shape index (κ2) is 7.20. The normalized spacial score (nSPS) is 11.7. The fraction of sp³-hybridized carbons (Fsp3) is 0.250. The van der Waals surface area contributed by atoms with Crippen molar-refractivity contribution in [3.63, 3.8) is 0 Å². The van der Waals surface area contributed by atoms with Gasteiger partial charge < -0.3 is 10.6 Å². The molecule has 0 spiro atoms. The lowest BCUT2D eigenvalue weighted by molar-refractivity contribution is -0.142. The number of nitrogens with one attached hydrogen (secondary N) is 2. The average molecular weight is 337 g/mol. The summed E-state index contributed by atoms with van der Waals surface area (Å²) in [4.78, 5) is 4.03. The van der Waals surface area contributed by atoms with E-state index in [4.69, 9.17) is 0 Å². The summed E-state index contributed by atoms with van der Waals surface area (Å²) in [5, 5.41) is 9.79. The number of nitrogens with zero attached hydrogens (tertiary/aromatic N) is 3. The van der Waals surface area contributed by atoms with Crippen molar-refractivity contribution in [2.24, 2.45) is 0 Å². The standard InChI is InChI=1S/C16H18F3N5/c1-4-7-21-9-11(2)13-8-14(16(17,18)19)24(23-13)12-5-6-15(20-3)22-10-12/h4-8,10,21H,2,9H2,1,3H3,(H,20,22)/b7-4-. The van der Waals surface area contributed by atoms with Gasteiger partial charge in [0.05, 0.1) is 17.6 Å². The monoisotopic (exact) mass is 337 g/mol. The lowest BCUT2D eigenvalue weighted by Crippen LogP contribution is -2.13. The largest absolute Gasteiger partial charge is 0.433 e. The van der Waals surface area contributed by atoms with Crippen LogP contribution in [0.15, 0.2) is 43.3 Å². The van der Waals surface area contributed by atoms with Crippen LogP contribution in [0.2, 0.25) is 0 Å². The number of halogens is 3. The minimum atomic E-state index is -4.54. The Morgan fingerprint density at radius 2 is 2.12 bits per heavy atom. The van der Waals surface area contributed by atoms with Crippen LogP contribution in [0.4, 0.5) is 19.0 Å². The summed E-state index contributed by atoms with van der Waals surface area (Å²) < 4.78 is 40.8. The first kappa shape index (κ1) is 17.6. The molecule has 0 aromatic carbocycles. The van der Waals surface area contributed by atoms with E-state index in [2.05, 4.69) is 27.3 Å². The molecule has 2 N–H and O–H groups in total. The van der Waals surface area contributed by atoms with Gasteiger partial charge in [-0.25, -0.2) is 9.67 Å². The molecule has 0 aliphatic rings. The van der Waals surface area contributed by atoms with Gasteiger partial charge in [0.1, 0.15) is 11.5 Å². The van der Waals surface area contributed by atoms with E-state index in [9.17, 15) is 13.2 Å². The first-order valence-corrected chi connectivity index (χ1v) is 7.21. The summed E-state index contributed by atoms with van der Waals surface area (Å²) in [6, 6.07) is 4.09. The van der Waals surface area contributed by atoms with E-state index in [0.717, 1.165) is 10.7 Å². The average Bonchev–Trinajstić information content (AvgIpc) is 3.01. The Morgan fingerprint density at radius 1 is 1.38 bits per heavy atom. The van der Waals surface area contributed by atoms with Gasteiger partial charge in [0.15, 0.2) is 0 Å². The molecule has 0 atom stereocenters. The maximum absolute atomic E-state index is 13.3. The summed E-state index contributed by atoms with van der Waals surface area (Å²) >= 11 is 0. The molecular formula is C16H18F3N5. The highest BCUT2D eigenvalue weighted by Crippen LogP contribution is 2.32. The molecule has 0 aliphatic carbocycles. The van der Waals surface area contributed by atoms with E-state index in [1.54, 1.807) is 25.4 Å². The first-order chi connectivity index (χ1) is 11.4.